The molecule has 0 aliphatic rings. The van der Waals surface area contributed by atoms with Gasteiger partial charge in [-0.25, -0.2) is 26.3 Å². The van der Waals surface area contributed by atoms with Crippen molar-refractivity contribution in [1.29, 1.82) is 0 Å². The highest BCUT2D eigenvalue weighted by Gasteiger charge is 2.15. The second-order valence-corrected chi connectivity index (χ2v) is 13.5. The van der Waals surface area contributed by atoms with Gasteiger partial charge in [0.15, 0.2) is 0 Å². The molecule has 0 saturated heterocycles. The predicted octanol–water partition coefficient (Wildman–Crippen LogP) is 4.75. The maximum Gasteiger partial charge on any atom is 0.240 e. The molecular weight excluding hydrogens is 630 g/mol. The summed E-state index contributed by atoms with van der Waals surface area (Å²) >= 11 is 6.62. The zero-order valence-electron chi connectivity index (χ0n) is 19.6. The lowest BCUT2D eigenvalue weighted by atomic mass is 10.2. The van der Waals surface area contributed by atoms with Crippen LogP contribution in [-0.2, 0) is 26.6 Å². The molecule has 0 saturated carbocycles. The molecule has 0 atom stereocenters. The molecule has 0 radical (unpaired) electrons. The molecule has 3 aromatic rings. The topological polar surface area (TPSA) is 95.6 Å². The fourth-order valence-electron chi connectivity index (χ4n) is 3.52. The van der Waals surface area contributed by atoms with Gasteiger partial charge in [0.25, 0.3) is 0 Å². The Hall–Kier alpha value is -1.60. The fourth-order valence-corrected chi connectivity index (χ4v) is 6.20. The predicted molar refractivity (Wildman–Crippen MR) is 150 cm³/mol. The average molecular weight is 659 g/mol. The summed E-state index contributed by atoms with van der Waals surface area (Å²) in [6.07, 6.45) is 1.24. The monoisotopic (exact) mass is 657 g/mol. The first-order chi connectivity index (χ1) is 17.2. The first kappa shape index (κ1) is 29.0. The van der Waals surface area contributed by atoms with Crippen LogP contribution in [0, 0.1) is 0 Å². The third kappa shape index (κ3) is 9.37. The van der Waals surface area contributed by atoms with Crippen LogP contribution in [0.1, 0.15) is 18.4 Å². The number of rotatable bonds is 14. The molecule has 0 amide bonds. The van der Waals surface area contributed by atoms with Crippen molar-refractivity contribution in [1.82, 2.24) is 14.3 Å². The Labute approximate surface area is 230 Å². The first-order valence-corrected chi connectivity index (χ1v) is 16.0. The van der Waals surface area contributed by atoms with Crippen LogP contribution >= 0.6 is 31.9 Å². The smallest absolute Gasteiger partial charge is 0.240 e. The van der Waals surface area contributed by atoms with E-state index in [9.17, 15) is 16.8 Å². The molecule has 0 unspecified atom stereocenters. The number of sulfonamides is 2. The molecular formula is C25H29Br2N3O4S2. The summed E-state index contributed by atoms with van der Waals surface area (Å²) in [6.45, 7) is 2.63. The average Bonchev–Trinajstić information content (AvgIpc) is 2.85. The molecule has 0 spiro atoms. The van der Waals surface area contributed by atoms with Crippen LogP contribution in [-0.4, -0.2) is 47.9 Å². The molecule has 194 valence electrons. The van der Waals surface area contributed by atoms with Gasteiger partial charge in [-0.1, -0.05) is 62.2 Å². The standard InChI is InChI=1S/C25H29Br2N3O4S2/c26-22-8-12-24(13-9-22)35(31,32)28-16-4-18-30(20-21-6-2-1-3-7-21)19-5-17-29-36(33,34)25-14-10-23(27)11-15-25/h1-3,6-15,28-29H,4-5,16-20H2. The molecule has 0 aliphatic heterocycles. The van der Waals surface area contributed by atoms with E-state index in [0.29, 0.717) is 45.6 Å². The van der Waals surface area contributed by atoms with E-state index in [0.717, 1.165) is 14.5 Å². The minimum absolute atomic E-state index is 0.227. The van der Waals surface area contributed by atoms with Crippen LogP contribution in [0.2, 0.25) is 0 Å². The lowest BCUT2D eigenvalue weighted by molar-refractivity contribution is 0.260. The number of nitrogens with one attached hydrogen (secondary N) is 2. The second kappa shape index (κ2) is 13.8. The summed E-state index contributed by atoms with van der Waals surface area (Å²) in [7, 11) is -7.14. The summed E-state index contributed by atoms with van der Waals surface area (Å²) in [6, 6.07) is 23.0. The molecule has 36 heavy (non-hydrogen) atoms. The van der Waals surface area contributed by atoms with Gasteiger partial charge in [-0.3, -0.25) is 4.90 Å². The van der Waals surface area contributed by atoms with Crippen LogP contribution in [0.5, 0.6) is 0 Å². The van der Waals surface area contributed by atoms with Gasteiger partial charge in [-0.15, -0.1) is 0 Å². The molecule has 0 aliphatic carbocycles. The van der Waals surface area contributed by atoms with Gasteiger partial charge >= 0.3 is 0 Å². The lowest BCUT2D eigenvalue weighted by Crippen LogP contribution is -2.32. The van der Waals surface area contributed by atoms with E-state index >= 15 is 0 Å². The van der Waals surface area contributed by atoms with Crippen molar-refractivity contribution in [3.63, 3.8) is 0 Å². The molecule has 3 rings (SSSR count). The van der Waals surface area contributed by atoms with Crippen molar-refractivity contribution >= 4 is 51.9 Å². The normalized spacial score (nSPS) is 12.2. The molecule has 0 fully saturated rings. The Morgan fingerprint density at radius 1 is 0.611 bits per heavy atom. The van der Waals surface area contributed by atoms with Crippen LogP contribution < -0.4 is 9.44 Å². The van der Waals surface area contributed by atoms with Crippen LogP contribution in [0.25, 0.3) is 0 Å². The summed E-state index contributed by atoms with van der Waals surface area (Å²) in [4.78, 5) is 2.66. The molecule has 0 bridgehead atoms. The maximum absolute atomic E-state index is 12.5. The minimum Gasteiger partial charge on any atom is -0.299 e. The van der Waals surface area contributed by atoms with Gasteiger partial charge in [0.1, 0.15) is 0 Å². The van der Waals surface area contributed by atoms with Crippen molar-refractivity contribution in [3.8, 4) is 0 Å². The van der Waals surface area contributed by atoms with E-state index in [4.69, 9.17) is 0 Å². The molecule has 0 aromatic heterocycles. The van der Waals surface area contributed by atoms with Crippen LogP contribution in [0.15, 0.2) is 97.6 Å². The van der Waals surface area contributed by atoms with Crippen molar-refractivity contribution < 1.29 is 16.8 Å². The molecule has 0 heterocycles. The van der Waals surface area contributed by atoms with Crippen molar-refractivity contribution in [2.24, 2.45) is 0 Å². The van der Waals surface area contributed by atoms with Crippen molar-refractivity contribution in [2.75, 3.05) is 26.2 Å². The number of benzene rings is 3. The largest absolute Gasteiger partial charge is 0.299 e. The van der Waals surface area contributed by atoms with E-state index in [1.165, 1.54) is 0 Å². The Bertz CT molecular complexity index is 1220. The van der Waals surface area contributed by atoms with Gasteiger partial charge in [-0.05, 0) is 80.0 Å². The van der Waals surface area contributed by atoms with Gasteiger partial charge in [0.2, 0.25) is 20.0 Å². The Balaban J connectivity index is 1.51. The highest BCUT2D eigenvalue weighted by atomic mass is 79.9. The summed E-state index contributed by atoms with van der Waals surface area (Å²) in [5.41, 5.74) is 1.14. The Morgan fingerprint density at radius 3 is 1.44 bits per heavy atom. The zero-order valence-corrected chi connectivity index (χ0v) is 24.4. The fraction of sp³-hybridized carbons (Fsp3) is 0.280. The summed E-state index contributed by atoms with van der Waals surface area (Å²) in [5.74, 6) is 0. The second-order valence-electron chi connectivity index (χ2n) is 8.17. The Kier molecular flexibility index (Phi) is 11.1. The highest BCUT2D eigenvalue weighted by molar-refractivity contribution is 9.10. The quantitative estimate of drug-likeness (QED) is 0.244. The van der Waals surface area contributed by atoms with Crippen LogP contribution in [0.3, 0.4) is 0 Å². The number of hydrogen-bond donors (Lipinski definition) is 2. The molecule has 2 N–H and O–H groups in total. The number of hydrogen-bond acceptors (Lipinski definition) is 5. The molecule has 3 aromatic carbocycles. The summed E-state index contributed by atoms with van der Waals surface area (Å²) in [5, 5.41) is 0. The first-order valence-electron chi connectivity index (χ1n) is 11.4. The number of nitrogens with zero attached hydrogens (tertiary/aromatic N) is 1. The highest BCUT2D eigenvalue weighted by Crippen LogP contribution is 2.15. The lowest BCUT2D eigenvalue weighted by Gasteiger charge is -2.22. The number of halogens is 2. The van der Waals surface area contributed by atoms with Gasteiger partial charge in [0, 0.05) is 28.6 Å². The van der Waals surface area contributed by atoms with Gasteiger partial charge < -0.3 is 0 Å². The van der Waals surface area contributed by atoms with Gasteiger partial charge in [-0.2, -0.15) is 0 Å². The maximum atomic E-state index is 12.5. The van der Waals surface area contributed by atoms with E-state index in [-0.39, 0.29) is 9.79 Å². The SMILES string of the molecule is O=S(=O)(NCCCN(CCCNS(=O)(=O)c1ccc(Br)cc1)Cc1ccccc1)c1ccc(Br)cc1. The minimum atomic E-state index is -3.57. The van der Waals surface area contributed by atoms with E-state index in [1.807, 2.05) is 30.3 Å². The van der Waals surface area contributed by atoms with E-state index in [2.05, 4.69) is 46.2 Å². The van der Waals surface area contributed by atoms with E-state index < -0.39 is 20.0 Å². The summed E-state index contributed by atoms with van der Waals surface area (Å²) < 4.78 is 57.0. The third-order valence-electron chi connectivity index (χ3n) is 5.38. The molecule has 7 nitrogen and oxygen atoms in total. The zero-order chi connectivity index (χ0) is 26.0. The van der Waals surface area contributed by atoms with E-state index in [1.54, 1.807) is 48.5 Å². The Morgan fingerprint density at radius 2 is 1.03 bits per heavy atom. The molecule has 11 heteroatoms. The van der Waals surface area contributed by atoms with Crippen molar-refractivity contribution in [3.05, 3.63) is 93.4 Å². The van der Waals surface area contributed by atoms with Gasteiger partial charge in [0.05, 0.1) is 9.79 Å². The van der Waals surface area contributed by atoms with Crippen LogP contribution in [0.4, 0.5) is 0 Å². The van der Waals surface area contributed by atoms with Crippen molar-refractivity contribution in [2.45, 2.75) is 29.2 Å². The third-order valence-corrected chi connectivity index (χ3v) is 9.39.